The lowest BCUT2D eigenvalue weighted by atomic mass is 9.90. The number of hydrogen-bond acceptors (Lipinski definition) is 3. The molecule has 3 rings (SSSR count). The molecule has 0 saturated heterocycles. The van der Waals surface area contributed by atoms with Crippen LogP contribution in [0.4, 0.5) is 10.5 Å². The Labute approximate surface area is 137 Å². The van der Waals surface area contributed by atoms with Crippen molar-refractivity contribution in [3.63, 3.8) is 0 Å². The molecule has 1 saturated carbocycles. The molecular weight excluding hydrogens is 290 g/mol. The van der Waals surface area contributed by atoms with Crippen LogP contribution in [0, 0.1) is 11.3 Å². The van der Waals surface area contributed by atoms with Crippen LogP contribution in [0.3, 0.4) is 0 Å². The summed E-state index contributed by atoms with van der Waals surface area (Å²) in [7, 11) is 0. The molecule has 1 fully saturated rings. The standard InChI is InChI=1S/C18H27N3O2/c1-12(2)16(22)18(7-8-18)11-20-17(23)21-14-9-13-5-3-4-6-15(13)19-10-14/h9-10,12,16,22H,3-8,11H2,1-2H3,(H2,20,21,23). The summed E-state index contributed by atoms with van der Waals surface area (Å²) in [5.74, 6) is 0.215. The van der Waals surface area contributed by atoms with E-state index in [-0.39, 0.29) is 23.5 Å². The number of aromatic nitrogens is 1. The summed E-state index contributed by atoms with van der Waals surface area (Å²) in [5, 5.41) is 16.0. The highest BCUT2D eigenvalue weighted by Gasteiger charge is 2.49. The molecule has 1 unspecified atom stereocenters. The van der Waals surface area contributed by atoms with Crippen molar-refractivity contribution in [2.45, 2.75) is 58.5 Å². The number of amides is 2. The summed E-state index contributed by atoms with van der Waals surface area (Å²) < 4.78 is 0. The minimum absolute atomic E-state index is 0.125. The second-order valence-corrected chi connectivity index (χ2v) is 7.40. The summed E-state index contributed by atoms with van der Waals surface area (Å²) in [6.07, 6.45) is 7.82. The van der Waals surface area contributed by atoms with Crippen LogP contribution in [0.5, 0.6) is 0 Å². The maximum absolute atomic E-state index is 12.1. The zero-order valence-corrected chi connectivity index (χ0v) is 14.1. The van der Waals surface area contributed by atoms with E-state index in [1.54, 1.807) is 6.20 Å². The monoisotopic (exact) mass is 317 g/mol. The third-order valence-electron chi connectivity index (χ3n) is 5.18. The quantitative estimate of drug-likeness (QED) is 0.782. The highest BCUT2D eigenvalue weighted by molar-refractivity contribution is 5.89. The third kappa shape index (κ3) is 3.66. The van der Waals surface area contributed by atoms with Crippen molar-refractivity contribution in [2.75, 3.05) is 11.9 Å². The van der Waals surface area contributed by atoms with Crippen molar-refractivity contribution in [3.8, 4) is 0 Å². The molecule has 126 valence electrons. The lowest BCUT2D eigenvalue weighted by molar-refractivity contribution is 0.0518. The van der Waals surface area contributed by atoms with Crippen molar-refractivity contribution in [3.05, 3.63) is 23.5 Å². The summed E-state index contributed by atoms with van der Waals surface area (Å²) in [6, 6.07) is 1.82. The van der Waals surface area contributed by atoms with Gasteiger partial charge in [0.1, 0.15) is 0 Å². The largest absolute Gasteiger partial charge is 0.392 e. The van der Waals surface area contributed by atoms with Gasteiger partial charge in [-0.25, -0.2) is 4.79 Å². The van der Waals surface area contributed by atoms with E-state index < -0.39 is 0 Å². The Hall–Kier alpha value is -1.62. The molecule has 23 heavy (non-hydrogen) atoms. The molecular formula is C18H27N3O2. The van der Waals surface area contributed by atoms with Crippen molar-refractivity contribution < 1.29 is 9.90 Å². The Balaban J connectivity index is 1.54. The number of aliphatic hydroxyl groups excluding tert-OH is 1. The number of urea groups is 1. The second-order valence-electron chi connectivity index (χ2n) is 7.40. The molecule has 0 radical (unpaired) electrons. The van der Waals surface area contributed by atoms with E-state index in [4.69, 9.17) is 0 Å². The number of nitrogens with one attached hydrogen (secondary N) is 2. The first-order chi connectivity index (χ1) is 11.0. The zero-order chi connectivity index (χ0) is 16.4. The van der Waals surface area contributed by atoms with Gasteiger partial charge in [0.05, 0.1) is 18.0 Å². The van der Waals surface area contributed by atoms with Crippen LogP contribution in [0.2, 0.25) is 0 Å². The minimum Gasteiger partial charge on any atom is -0.392 e. The van der Waals surface area contributed by atoms with Gasteiger partial charge in [0.15, 0.2) is 0 Å². The lowest BCUT2D eigenvalue weighted by Crippen LogP contribution is -2.40. The van der Waals surface area contributed by atoms with E-state index in [1.165, 1.54) is 24.1 Å². The molecule has 3 N–H and O–H groups in total. The van der Waals surface area contributed by atoms with Gasteiger partial charge in [-0.15, -0.1) is 0 Å². The number of anilines is 1. The normalized spacial score (nSPS) is 19.8. The van der Waals surface area contributed by atoms with Gasteiger partial charge in [-0.1, -0.05) is 13.8 Å². The van der Waals surface area contributed by atoms with Gasteiger partial charge in [0.25, 0.3) is 0 Å². The first kappa shape index (κ1) is 16.2. The first-order valence-corrected chi connectivity index (χ1v) is 8.71. The SMILES string of the molecule is CC(C)C(O)C1(CNC(=O)Nc2cnc3c(c2)CCCC3)CC1. The molecule has 1 heterocycles. The molecule has 1 aromatic rings. The number of aryl methyl sites for hydroxylation is 2. The van der Waals surface area contributed by atoms with Crippen molar-refractivity contribution in [1.82, 2.24) is 10.3 Å². The Morgan fingerprint density at radius 3 is 2.78 bits per heavy atom. The number of nitrogens with zero attached hydrogens (tertiary/aromatic N) is 1. The smallest absolute Gasteiger partial charge is 0.319 e. The van der Waals surface area contributed by atoms with Crippen LogP contribution in [-0.4, -0.2) is 28.8 Å². The highest BCUT2D eigenvalue weighted by Crippen LogP contribution is 2.50. The molecule has 2 aliphatic rings. The van der Waals surface area contributed by atoms with Gasteiger partial charge in [0.2, 0.25) is 0 Å². The van der Waals surface area contributed by atoms with E-state index >= 15 is 0 Å². The number of carbonyl (C=O) groups excluding carboxylic acids is 1. The molecule has 2 amide bonds. The lowest BCUT2D eigenvalue weighted by Gasteiger charge is -2.25. The Kier molecular flexibility index (Phi) is 4.57. The van der Waals surface area contributed by atoms with Crippen LogP contribution in [0.25, 0.3) is 0 Å². The molecule has 5 heteroatoms. The summed E-state index contributed by atoms with van der Waals surface area (Å²) in [4.78, 5) is 16.6. The second kappa shape index (κ2) is 6.48. The van der Waals surface area contributed by atoms with Crippen LogP contribution >= 0.6 is 0 Å². The molecule has 1 atom stereocenters. The molecule has 5 nitrogen and oxygen atoms in total. The van der Waals surface area contributed by atoms with Gasteiger partial charge in [-0.05, 0) is 56.1 Å². The van der Waals surface area contributed by atoms with Gasteiger partial charge in [-0.2, -0.15) is 0 Å². The number of aliphatic hydroxyl groups is 1. The maximum Gasteiger partial charge on any atom is 0.319 e. The number of carbonyl (C=O) groups is 1. The van der Waals surface area contributed by atoms with Crippen LogP contribution in [0.1, 0.15) is 50.8 Å². The van der Waals surface area contributed by atoms with Gasteiger partial charge < -0.3 is 15.7 Å². The fourth-order valence-corrected chi connectivity index (χ4v) is 3.53. The van der Waals surface area contributed by atoms with Crippen LogP contribution in [-0.2, 0) is 12.8 Å². The molecule has 0 spiro atoms. The van der Waals surface area contributed by atoms with E-state index in [1.807, 2.05) is 19.9 Å². The summed E-state index contributed by atoms with van der Waals surface area (Å²) in [6.45, 7) is 4.56. The van der Waals surface area contributed by atoms with E-state index in [0.717, 1.165) is 31.4 Å². The van der Waals surface area contributed by atoms with Crippen molar-refractivity contribution in [1.29, 1.82) is 0 Å². The van der Waals surface area contributed by atoms with Crippen molar-refractivity contribution in [2.24, 2.45) is 11.3 Å². The number of pyridine rings is 1. The Morgan fingerprint density at radius 1 is 1.35 bits per heavy atom. The van der Waals surface area contributed by atoms with Gasteiger partial charge in [0, 0.05) is 17.7 Å². The van der Waals surface area contributed by atoms with E-state index in [0.29, 0.717) is 6.54 Å². The molecule has 0 bridgehead atoms. The molecule has 2 aliphatic carbocycles. The fourth-order valence-electron chi connectivity index (χ4n) is 3.53. The predicted molar refractivity (Wildman–Crippen MR) is 90.4 cm³/mol. The molecule has 1 aromatic heterocycles. The maximum atomic E-state index is 12.1. The van der Waals surface area contributed by atoms with Crippen LogP contribution < -0.4 is 10.6 Å². The van der Waals surface area contributed by atoms with E-state index in [9.17, 15) is 9.90 Å². The average Bonchev–Trinajstić information content (AvgIpc) is 3.33. The summed E-state index contributed by atoms with van der Waals surface area (Å²) in [5.41, 5.74) is 3.04. The van der Waals surface area contributed by atoms with E-state index in [2.05, 4.69) is 15.6 Å². The molecule has 0 aliphatic heterocycles. The number of hydrogen-bond donors (Lipinski definition) is 3. The Morgan fingerprint density at radius 2 is 2.09 bits per heavy atom. The number of fused-ring (bicyclic) bond motifs is 1. The predicted octanol–water partition coefficient (Wildman–Crippen LogP) is 2.88. The first-order valence-electron chi connectivity index (χ1n) is 8.71. The fraction of sp³-hybridized carbons (Fsp3) is 0.667. The van der Waals surface area contributed by atoms with Crippen molar-refractivity contribution >= 4 is 11.7 Å². The average molecular weight is 317 g/mol. The molecule has 0 aromatic carbocycles. The van der Waals surface area contributed by atoms with Gasteiger partial charge >= 0.3 is 6.03 Å². The topological polar surface area (TPSA) is 74.2 Å². The minimum atomic E-state index is -0.354. The number of rotatable bonds is 5. The van der Waals surface area contributed by atoms with Crippen LogP contribution in [0.15, 0.2) is 12.3 Å². The Bertz CT molecular complexity index is 582. The van der Waals surface area contributed by atoms with Gasteiger partial charge in [-0.3, -0.25) is 4.98 Å². The summed E-state index contributed by atoms with van der Waals surface area (Å²) >= 11 is 0. The third-order valence-corrected chi connectivity index (χ3v) is 5.18. The highest BCUT2D eigenvalue weighted by atomic mass is 16.3. The zero-order valence-electron chi connectivity index (χ0n) is 14.1.